The molecule has 0 aromatic rings. The molecular formula is C9H18N2O. The smallest absolute Gasteiger partial charge is 0.107 e. The minimum atomic E-state index is -0.431. The Balaban J connectivity index is 2.88. The summed E-state index contributed by atoms with van der Waals surface area (Å²) in [7, 11) is 0. The molecule has 1 heterocycles. The van der Waals surface area contributed by atoms with Crippen LogP contribution in [0.25, 0.3) is 0 Å². The lowest BCUT2D eigenvalue weighted by molar-refractivity contribution is 0.0555. The molecule has 1 unspecified atom stereocenters. The zero-order chi connectivity index (χ0) is 9.41. The fourth-order valence-corrected chi connectivity index (χ4v) is 1.54. The van der Waals surface area contributed by atoms with Gasteiger partial charge in [0.15, 0.2) is 0 Å². The van der Waals surface area contributed by atoms with Crippen molar-refractivity contribution in [3.63, 3.8) is 0 Å². The lowest BCUT2D eigenvalue weighted by Crippen LogP contribution is -2.46. The summed E-state index contributed by atoms with van der Waals surface area (Å²) in [5.74, 6) is 0. The van der Waals surface area contributed by atoms with Crippen LogP contribution in [0.15, 0.2) is 10.2 Å². The summed E-state index contributed by atoms with van der Waals surface area (Å²) < 4.78 is 0. The molecule has 0 amide bonds. The van der Waals surface area contributed by atoms with E-state index in [0.29, 0.717) is 0 Å². The monoisotopic (exact) mass is 170 g/mol. The first kappa shape index (κ1) is 9.65. The Kier molecular flexibility index (Phi) is 2.25. The maximum Gasteiger partial charge on any atom is 0.107 e. The topological polar surface area (TPSA) is 45.0 Å². The van der Waals surface area contributed by atoms with Crippen molar-refractivity contribution in [1.82, 2.24) is 0 Å². The van der Waals surface area contributed by atoms with Crippen LogP contribution in [-0.2, 0) is 0 Å². The summed E-state index contributed by atoms with van der Waals surface area (Å²) in [6.45, 7) is 7.98. The van der Waals surface area contributed by atoms with Gasteiger partial charge in [-0.1, -0.05) is 13.8 Å². The van der Waals surface area contributed by atoms with Gasteiger partial charge < -0.3 is 5.11 Å². The van der Waals surface area contributed by atoms with Gasteiger partial charge >= 0.3 is 0 Å². The average Bonchev–Trinajstić information content (AvgIpc) is 2.32. The normalized spacial score (nSPS) is 46.9. The first-order chi connectivity index (χ1) is 5.48. The van der Waals surface area contributed by atoms with E-state index in [1.165, 1.54) is 0 Å². The Morgan fingerprint density at radius 1 is 1.08 bits per heavy atom. The summed E-state index contributed by atoms with van der Waals surface area (Å²) >= 11 is 0. The maximum absolute atomic E-state index is 9.98. The predicted octanol–water partition coefficient (Wildman–Crippen LogP) is 2.15. The van der Waals surface area contributed by atoms with E-state index < -0.39 is 6.10 Å². The molecule has 0 saturated carbocycles. The summed E-state index contributed by atoms with van der Waals surface area (Å²) in [6, 6.07) is 0. The molecule has 0 aromatic carbocycles. The minimum Gasteiger partial charge on any atom is -0.388 e. The van der Waals surface area contributed by atoms with Crippen LogP contribution in [0.3, 0.4) is 0 Å². The van der Waals surface area contributed by atoms with Gasteiger partial charge in [-0.15, -0.1) is 0 Å². The highest BCUT2D eigenvalue weighted by Gasteiger charge is 2.48. The quantitative estimate of drug-likeness (QED) is 0.678. The SMILES string of the molecule is CC[C@@]1(C)N=N[C@@](C)(CC)C1O. The summed E-state index contributed by atoms with van der Waals surface area (Å²) in [4.78, 5) is 0. The molecule has 0 saturated heterocycles. The van der Waals surface area contributed by atoms with Gasteiger partial charge in [-0.25, -0.2) is 0 Å². The maximum atomic E-state index is 9.98. The number of azo groups is 1. The van der Waals surface area contributed by atoms with Gasteiger partial charge in [-0.2, -0.15) is 10.2 Å². The molecular weight excluding hydrogens is 152 g/mol. The lowest BCUT2D eigenvalue weighted by Gasteiger charge is -2.30. The number of hydrogen-bond donors (Lipinski definition) is 1. The molecule has 0 bridgehead atoms. The van der Waals surface area contributed by atoms with Crippen LogP contribution in [0.1, 0.15) is 40.5 Å². The largest absolute Gasteiger partial charge is 0.388 e. The molecule has 1 rings (SSSR count). The van der Waals surface area contributed by atoms with Gasteiger partial charge in [0.25, 0.3) is 0 Å². The third-order valence-electron chi connectivity index (χ3n) is 3.12. The molecule has 0 aliphatic carbocycles. The summed E-state index contributed by atoms with van der Waals surface area (Å²) in [6.07, 6.45) is 1.25. The molecule has 70 valence electrons. The molecule has 0 aromatic heterocycles. The molecule has 3 heteroatoms. The van der Waals surface area contributed by atoms with Crippen molar-refractivity contribution < 1.29 is 5.11 Å². The third kappa shape index (κ3) is 1.16. The van der Waals surface area contributed by atoms with Gasteiger partial charge in [0.2, 0.25) is 0 Å². The van der Waals surface area contributed by atoms with Crippen LogP contribution >= 0.6 is 0 Å². The van der Waals surface area contributed by atoms with Crippen LogP contribution in [0.2, 0.25) is 0 Å². The molecule has 1 aliphatic rings. The number of hydrogen-bond acceptors (Lipinski definition) is 3. The lowest BCUT2D eigenvalue weighted by atomic mass is 9.81. The molecule has 1 aliphatic heterocycles. The Morgan fingerprint density at radius 3 is 1.58 bits per heavy atom. The second-order valence-electron chi connectivity index (χ2n) is 4.02. The van der Waals surface area contributed by atoms with Gasteiger partial charge in [0, 0.05) is 0 Å². The Bertz CT molecular complexity index is 185. The number of rotatable bonds is 2. The molecule has 0 fully saturated rings. The minimum absolute atomic E-state index is 0.356. The van der Waals surface area contributed by atoms with Crippen LogP contribution in [-0.4, -0.2) is 22.3 Å². The number of aliphatic hydroxyl groups is 1. The Morgan fingerprint density at radius 2 is 1.42 bits per heavy atom. The number of nitrogens with zero attached hydrogens (tertiary/aromatic N) is 2. The summed E-state index contributed by atoms with van der Waals surface area (Å²) in [5, 5.41) is 18.3. The zero-order valence-corrected chi connectivity index (χ0v) is 8.33. The Labute approximate surface area is 73.9 Å². The van der Waals surface area contributed by atoms with Crippen molar-refractivity contribution in [3.8, 4) is 0 Å². The molecule has 0 radical (unpaired) electrons. The van der Waals surface area contributed by atoms with E-state index in [2.05, 4.69) is 10.2 Å². The van der Waals surface area contributed by atoms with E-state index >= 15 is 0 Å². The van der Waals surface area contributed by atoms with E-state index in [9.17, 15) is 5.11 Å². The molecule has 12 heavy (non-hydrogen) atoms. The zero-order valence-electron chi connectivity index (χ0n) is 8.33. The fraction of sp³-hybridized carbons (Fsp3) is 1.00. The number of aliphatic hydroxyl groups excluding tert-OH is 1. The standard InChI is InChI=1S/C9H18N2O/c1-5-8(3)7(12)9(4,6-2)11-10-8/h7,12H,5-6H2,1-4H3/t7?,8-,9+. The first-order valence-corrected chi connectivity index (χ1v) is 4.60. The van der Waals surface area contributed by atoms with Crippen molar-refractivity contribution >= 4 is 0 Å². The van der Waals surface area contributed by atoms with Gasteiger partial charge in [-0.3, -0.25) is 0 Å². The fourth-order valence-electron chi connectivity index (χ4n) is 1.54. The Hall–Kier alpha value is -0.440. The predicted molar refractivity (Wildman–Crippen MR) is 48.3 cm³/mol. The van der Waals surface area contributed by atoms with E-state index in [1.807, 2.05) is 27.7 Å². The molecule has 0 spiro atoms. The van der Waals surface area contributed by atoms with Gasteiger partial charge in [0.1, 0.15) is 17.2 Å². The van der Waals surface area contributed by atoms with E-state index in [1.54, 1.807) is 0 Å². The first-order valence-electron chi connectivity index (χ1n) is 4.60. The average molecular weight is 170 g/mol. The molecule has 1 N–H and O–H groups in total. The van der Waals surface area contributed by atoms with Crippen LogP contribution in [0, 0.1) is 0 Å². The third-order valence-corrected chi connectivity index (χ3v) is 3.12. The molecule has 3 atom stereocenters. The highest BCUT2D eigenvalue weighted by molar-refractivity contribution is 5.07. The van der Waals surface area contributed by atoms with Crippen molar-refractivity contribution in [2.75, 3.05) is 0 Å². The summed E-state index contributed by atoms with van der Waals surface area (Å²) in [5.41, 5.74) is -0.713. The second kappa shape index (κ2) is 2.80. The van der Waals surface area contributed by atoms with Crippen LogP contribution in [0.4, 0.5) is 0 Å². The van der Waals surface area contributed by atoms with Crippen molar-refractivity contribution in [1.29, 1.82) is 0 Å². The van der Waals surface area contributed by atoms with Gasteiger partial charge in [0.05, 0.1) is 0 Å². The molecule has 3 nitrogen and oxygen atoms in total. The van der Waals surface area contributed by atoms with Crippen LogP contribution < -0.4 is 0 Å². The highest BCUT2D eigenvalue weighted by Crippen LogP contribution is 2.39. The van der Waals surface area contributed by atoms with E-state index in [4.69, 9.17) is 0 Å². The van der Waals surface area contributed by atoms with Crippen LogP contribution in [0.5, 0.6) is 0 Å². The van der Waals surface area contributed by atoms with E-state index in [0.717, 1.165) is 12.8 Å². The highest BCUT2D eigenvalue weighted by atomic mass is 16.3. The van der Waals surface area contributed by atoms with Crippen molar-refractivity contribution in [2.45, 2.75) is 57.7 Å². The van der Waals surface area contributed by atoms with Crippen molar-refractivity contribution in [2.24, 2.45) is 10.2 Å². The second-order valence-corrected chi connectivity index (χ2v) is 4.02. The van der Waals surface area contributed by atoms with Gasteiger partial charge in [-0.05, 0) is 26.7 Å². The van der Waals surface area contributed by atoms with E-state index in [-0.39, 0.29) is 11.1 Å². The van der Waals surface area contributed by atoms with Crippen molar-refractivity contribution in [3.05, 3.63) is 0 Å².